The third-order valence-electron chi connectivity index (χ3n) is 3.37. The van der Waals surface area contributed by atoms with Gasteiger partial charge in [-0.15, -0.1) is 0 Å². The minimum Gasteiger partial charge on any atom is -0.477 e. The van der Waals surface area contributed by atoms with Gasteiger partial charge in [-0.2, -0.15) is 0 Å². The van der Waals surface area contributed by atoms with Crippen LogP contribution < -0.4 is 5.73 Å². The van der Waals surface area contributed by atoms with Gasteiger partial charge in [0.05, 0.1) is 6.61 Å². The lowest BCUT2D eigenvalue weighted by molar-refractivity contribution is -0.0445. The van der Waals surface area contributed by atoms with Gasteiger partial charge in [0, 0.05) is 0 Å². The molecule has 0 amide bonds. The lowest BCUT2D eigenvalue weighted by atomic mass is 9.83. The number of hydrogen-bond acceptors (Lipinski definition) is 3. The van der Waals surface area contributed by atoms with E-state index in [0.29, 0.717) is 18.9 Å². The highest BCUT2D eigenvalue weighted by atomic mass is 19.1. The molecular formula is C14H20FNO2. The highest BCUT2D eigenvalue weighted by Gasteiger charge is 2.32. The molecule has 0 aromatic carbocycles. The van der Waals surface area contributed by atoms with E-state index in [4.69, 9.17) is 15.2 Å². The van der Waals surface area contributed by atoms with Crippen molar-refractivity contribution < 1.29 is 13.9 Å². The molecule has 3 nitrogen and oxygen atoms in total. The quantitative estimate of drug-likeness (QED) is 0.766. The molecule has 0 aliphatic heterocycles. The molecule has 1 fully saturated rings. The maximum atomic E-state index is 13.6. The van der Waals surface area contributed by atoms with Crippen LogP contribution in [0.5, 0.6) is 0 Å². The molecule has 0 bridgehead atoms. The van der Waals surface area contributed by atoms with E-state index in [2.05, 4.69) is 6.58 Å². The van der Waals surface area contributed by atoms with E-state index >= 15 is 0 Å². The molecular weight excluding hydrogens is 233 g/mol. The number of hydrogen-bond donors (Lipinski definition) is 1. The summed E-state index contributed by atoms with van der Waals surface area (Å²) in [6.07, 6.45) is 5.73. The van der Waals surface area contributed by atoms with Crippen molar-refractivity contribution in [1.29, 1.82) is 0 Å². The van der Waals surface area contributed by atoms with Crippen LogP contribution in [0.2, 0.25) is 0 Å². The molecule has 4 heteroatoms. The highest BCUT2D eigenvalue weighted by molar-refractivity contribution is 5.25. The molecule has 1 unspecified atom stereocenters. The van der Waals surface area contributed by atoms with Crippen LogP contribution in [-0.2, 0) is 9.47 Å². The number of nitrogens with two attached hydrogens (primary N) is 1. The lowest BCUT2D eigenvalue weighted by Crippen LogP contribution is -2.36. The average molecular weight is 253 g/mol. The van der Waals surface area contributed by atoms with Crippen molar-refractivity contribution in [2.75, 3.05) is 6.61 Å². The summed E-state index contributed by atoms with van der Waals surface area (Å²) >= 11 is 0. The summed E-state index contributed by atoms with van der Waals surface area (Å²) in [5.41, 5.74) is 6.32. The van der Waals surface area contributed by atoms with Gasteiger partial charge in [-0.05, 0) is 44.8 Å². The zero-order valence-electron chi connectivity index (χ0n) is 10.7. The Balaban J connectivity index is 1.66. The van der Waals surface area contributed by atoms with Crippen molar-refractivity contribution in [3.63, 3.8) is 0 Å². The Hall–Kier alpha value is -1.29. The fourth-order valence-electron chi connectivity index (χ4n) is 2.30. The maximum Gasteiger partial charge on any atom is 0.176 e. The van der Waals surface area contributed by atoms with Crippen LogP contribution in [0.15, 0.2) is 36.0 Å². The maximum absolute atomic E-state index is 13.6. The van der Waals surface area contributed by atoms with Gasteiger partial charge in [0.25, 0.3) is 0 Å². The van der Waals surface area contributed by atoms with Crippen LogP contribution in [0.25, 0.3) is 0 Å². The first-order valence-corrected chi connectivity index (χ1v) is 6.31. The summed E-state index contributed by atoms with van der Waals surface area (Å²) < 4.78 is 24.4. The lowest BCUT2D eigenvalue weighted by Gasteiger charge is -2.35. The van der Waals surface area contributed by atoms with E-state index in [0.717, 1.165) is 18.4 Å². The highest BCUT2D eigenvalue weighted by Crippen LogP contribution is 2.32. The van der Waals surface area contributed by atoms with Crippen LogP contribution in [0.3, 0.4) is 0 Å². The van der Waals surface area contributed by atoms with Gasteiger partial charge < -0.3 is 15.2 Å². The second-order valence-corrected chi connectivity index (χ2v) is 5.08. The van der Waals surface area contributed by atoms with Crippen LogP contribution >= 0.6 is 0 Å². The average Bonchev–Trinajstić information content (AvgIpc) is 2.23. The van der Waals surface area contributed by atoms with Gasteiger partial charge in [-0.25, -0.2) is 4.39 Å². The molecule has 2 aliphatic carbocycles. The Kier molecular flexibility index (Phi) is 4.07. The Morgan fingerprint density at radius 2 is 2.28 bits per heavy atom. The van der Waals surface area contributed by atoms with Gasteiger partial charge in [0.2, 0.25) is 0 Å². The first kappa shape index (κ1) is 13.1. The summed E-state index contributed by atoms with van der Waals surface area (Å²) in [6, 6.07) is 0. The Morgan fingerprint density at radius 3 is 2.89 bits per heavy atom. The molecule has 0 radical (unpaired) electrons. The van der Waals surface area contributed by atoms with E-state index in [1.165, 1.54) is 0 Å². The molecule has 0 spiro atoms. The van der Waals surface area contributed by atoms with Crippen LogP contribution in [0, 0.1) is 5.92 Å². The van der Waals surface area contributed by atoms with Crippen molar-refractivity contribution in [1.82, 2.24) is 0 Å². The zero-order valence-corrected chi connectivity index (χ0v) is 10.7. The Labute approximate surface area is 107 Å². The Bertz CT molecular complexity index is 383. The van der Waals surface area contributed by atoms with Gasteiger partial charge in [0.15, 0.2) is 5.88 Å². The van der Waals surface area contributed by atoms with Gasteiger partial charge in [0.1, 0.15) is 18.0 Å². The van der Waals surface area contributed by atoms with Crippen LogP contribution in [-0.4, -0.2) is 18.8 Å². The fourth-order valence-corrected chi connectivity index (χ4v) is 2.30. The Morgan fingerprint density at radius 1 is 1.56 bits per heavy atom. The molecule has 1 saturated carbocycles. The second-order valence-electron chi connectivity index (χ2n) is 5.08. The van der Waals surface area contributed by atoms with Crippen molar-refractivity contribution in [3.8, 4) is 0 Å². The summed E-state index contributed by atoms with van der Waals surface area (Å²) in [7, 11) is 0. The number of halogens is 1. The van der Waals surface area contributed by atoms with E-state index in [1.54, 1.807) is 6.08 Å². The van der Waals surface area contributed by atoms with Crippen LogP contribution in [0.1, 0.15) is 26.2 Å². The molecule has 100 valence electrons. The molecule has 2 N–H and O–H groups in total. The molecule has 2 aliphatic rings. The SMILES string of the molecule is C=C(N)OC1CC(COC2CC=C(C)C=C2F)C1. The normalized spacial score (nSPS) is 31.1. The van der Waals surface area contributed by atoms with E-state index in [9.17, 15) is 4.39 Å². The molecule has 2 rings (SSSR count). The standard InChI is InChI=1S/C14H20FNO2/c1-9-3-4-14(13(15)5-9)17-8-11-6-12(7-11)18-10(2)16/h3,5,11-12,14H,2,4,6-8,16H2,1H3. The van der Waals surface area contributed by atoms with Crippen molar-refractivity contribution in [2.24, 2.45) is 11.7 Å². The molecule has 0 heterocycles. The topological polar surface area (TPSA) is 44.5 Å². The molecule has 0 aromatic rings. The smallest absolute Gasteiger partial charge is 0.176 e. The van der Waals surface area contributed by atoms with E-state index in [-0.39, 0.29) is 17.8 Å². The summed E-state index contributed by atoms with van der Waals surface area (Å²) in [4.78, 5) is 0. The van der Waals surface area contributed by atoms with Gasteiger partial charge >= 0.3 is 0 Å². The predicted octanol–water partition coefficient (Wildman–Crippen LogP) is 2.80. The van der Waals surface area contributed by atoms with Crippen LogP contribution in [0.4, 0.5) is 4.39 Å². The summed E-state index contributed by atoms with van der Waals surface area (Å²) in [5.74, 6) is 0.535. The number of allylic oxidation sites excluding steroid dienone is 2. The van der Waals surface area contributed by atoms with Gasteiger partial charge in [-0.1, -0.05) is 11.6 Å². The fraction of sp³-hybridized carbons (Fsp3) is 0.571. The molecule has 0 aromatic heterocycles. The summed E-state index contributed by atoms with van der Waals surface area (Å²) in [5, 5.41) is 0. The summed E-state index contributed by atoms with van der Waals surface area (Å²) in [6.45, 7) is 5.97. The first-order chi connectivity index (χ1) is 8.54. The monoisotopic (exact) mass is 253 g/mol. The van der Waals surface area contributed by atoms with Crippen molar-refractivity contribution in [3.05, 3.63) is 36.0 Å². The zero-order chi connectivity index (χ0) is 13.1. The van der Waals surface area contributed by atoms with Gasteiger partial charge in [-0.3, -0.25) is 0 Å². The van der Waals surface area contributed by atoms with E-state index in [1.807, 2.05) is 13.0 Å². The number of rotatable bonds is 5. The third-order valence-corrected chi connectivity index (χ3v) is 3.37. The minimum absolute atomic E-state index is 0.157. The third kappa shape index (κ3) is 3.35. The molecule has 1 atom stereocenters. The second kappa shape index (κ2) is 5.57. The largest absolute Gasteiger partial charge is 0.477 e. The molecule has 0 saturated heterocycles. The minimum atomic E-state index is -0.404. The predicted molar refractivity (Wildman–Crippen MR) is 68.2 cm³/mol. The number of ether oxygens (including phenoxy) is 2. The first-order valence-electron chi connectivity index (χ1n) is 6.31. The van der Waals surface area contributed by atoms with E-state index < -0.39 is 6.10 Å². The van der Waals surface area contributed by atoms with Crippen molar-refractivity contribution in [2.45, 2.75) is 38.4 Å². The molecule has 18 heavy (non-hydrogen) atoms. The van der Waals surface area contributed by atoms with Crippen molar-refractivity contribution >= 4 is 0 Å².